The Balaban J connectivity index is 1.41. The van der Waals surface area contributed by atoms with Crippen molar-refractivity contribution in [3.8, 4) is 0 Å². The number of imide groups is 2. The van der Waals surface area contributed by atoms with Crippen molar-refractivity contribution >= 4 is 29.4 Å². The number of carbonyl (C=O) groups is 3. The number of amides is 4. The van der Waals surface area contributed by atoms with Gasteiger partial charge in [-0.15, -0.1) is 0 Å². The number of urea groups is 1. The summed E-state index contributed by atoms with van der Waals surface area (Å²) >= 11 is 6.10. The number of rotatable bonds is 11. The normalized spacial score (nSPS) is 29.1. The van der Waals surface area contributed by atoms with Gasteiger partial charge in [-0.3, -0.25) is 24.3 Å². The van der Waals surface area contributed by atoms with Crippen LogP contribution < -0.4 is 5.73 Å². The Bertz CT molecular complexity index is 1900. The molecule has 7 atom stereocenters. The minimum atomic E-state index is -2.09. The van der Waals surface area contributed by atoms with E-state index in [0.29, 0.717) is 5.02 Å². The molecule has 0 radical (unpaired) electrons. The van der Waals surface area contributed by atoms with Gasteiger partial charge in [0.05, 0.1) is 25.4 Å². The van der Waals surface area contributed by atoms with Crippen LogP contribution in [0.25, 0.3) is 0 Å². The summed E-state index contributed by atoms with van der Waals surface area (Å²) in [6.45, 7) is 10.1. The first-order valence-electron chi connectivity index (χ1n) is 18.6. The number of halogens is 1. The number of carbonyl (C=O) groups excluding carboxylic acids is 3. The number of nitrogens with zero attached hydrogens (tertiary/aromatic N) is 3. The van der Waals surface area contributed by atoms with Gasteiger partial charge in [0.15, 0.2) is 11.8 Å². The molecule has 0 saturated carbocycles. The molecule has 0 aliphatic carbocycles. The predicted octanol–water partition coefficient (Wildman–Crippen LogP) is 4.60. The fraction of sp³-hybridized carbons (Fsp3) is 0.488. The van der Waals surface area contributed by atoms with Gasteiger partial charge in [-0.1, -0.05) is 66.2 Å². The first-order chi connectivity index (χ1) is 25.9. The summed E-state index contributed by atoms with van der Waals surface area (Å²) < 4.78 is 35.8. The molecule has 6 rings (SSSR count). The third-order valence-electron chi connectivity index (χ3n) is 11.5. The third kappa shape index (κ3) is 6.77. The molecule has 0 bridgehead atoms. The van der Waals surface area contributed by atoms with Crippen molar-refractivity contribution in [1.82, 2.24) is 14.7 Å². The lowest BCUT2D eigenvalue weighted by molar-refractivity contribution is -0.342. The van der Waals surface area contributed by atoms with Crippen molar-refractivity contribution in [2.24, 2.45) is 5.73 Å². The van der Waals surface area contributed by atoms with Crippen molar-refractivity contribution in [3.05, 3.63) is 105 Å². The quantitative estimate of drug-likeness (QED) is 0.266. The predicted molar refractivity (Wildman–Crippen MR) is 202 cm³/mol. The molecular weight excluding hydrogens is 712 g/mol. The largest absolute Gasteiger partial charge is 0.388 e. The van der Waals surface area contributed by atoms with E-state index in [1.54, 1.807) is 12.1 Å². The smallest absolute Gasteiger partial charge is 0.332 e. The molecule has 3 N–H and O–H groups in total. The van der Waals surface area contributed by atoms with Crippen LogP contribution in [0.4, 0.5) is 4.79 Å². The minimum Gasteiger partial charge on any atom is -0.388 e. The van der Waals surface area contributed by atoms with Gasteiger partial charge in [0.1, 0.15) is 23.9 Å². The molecule has 3 unspecified atom stereocenters. The Morgan fingerprint density at radius 2 is 1.54 bits per heavy atom. The van der Waals surface area contributed by atoms with Crippen molar-refractivity contribution in [2.45, 2.75) is 102 Å². The number of aliphatic hydroxyl groups excluding tert-OH is 1. The van der Waals surface area contributed by atoms with Gasteiger partial charge in [0.2, 0.25) is 0 Å². The Hall–Kier alpha value is -3.72. The maximum atomic E-state index is 13.8. The summed E-state index contributed by atoms with van der Waals surface area (Å²) in [7, 11) is 4.02. The molecule has 3 saturated heterocycles. The first kappa shape index (κ1) is 38.6. The molecule has 3 aliphatic heterocycles. The highest BCUT2D eigenvalue weighted by Gasteiger charge is 2.73. The Morgan fingerprint density at radius 1 is 0.926 bits per heavy atom. The Labute approximate surface area is 323 Å². The summed E-state index contributed by atoms with van der Waals surface area (Å²) in [5.74, 6) is -1.72. The lowest BCUT2D eigenvalue weighted by atomic mass is 9.64. The lowest BCUT2D eigenvalue weighted by Gasteiger charge is -2.65. The van der Waals surface area contributed by atoms with Gasteiger partial charge in [0, 0.05) is 32.9 Å². The van der Waals surface area contributed by atoms with Gasteiger partial charge in [-0.05, 0) is 87.2 Å². The van der Waals surface area contributed by atoms with Crippen molar-refractivity contribution in [2.75, 3.05) is 27.7 Å². The number of hydrogen-bond donors (Lipinski definition) is 2. The van der Waals surface area contributed by atoms with E-state index >= 15 is 0 Å². The van der Waals surface area contributed by atoms with Gasteiger partial charge >= 0.3 is 6.03 Å². The number of ether oxygens (including phenoxy) is 4. The molecule has 290 valence electrons. The van der Waals surface area contributed by atoms with Crippen molar-refractivity contribution in [1.29, 1.82) is 0 Å². The number of barbiturate groups is 1. The number of aliphatic hydroxyl groups is 1. The van der Waals surface area contributed by atoms with Crippen LogP contribution in [-0.2, 0) is 47.4 Å². The van der Waals surface area contributed by atoms with Gasteiger partial charge in [-0.25, -0.2) is 4.79 Å². The maximum absolute atomic E-state index is 13.8. The van der Waals surface area contributed by atoms with Crippen LogP contribution in [-0.4, -0.2) is 107 Å². The van der Waals surface area contributed by atoms with Crippen LogP contribution in [0.3, 0.4) is 0 Å². The van der Waals surface area contributed by atoms with Crippen LogP contribution in [0.5, 0.6) is 0 Å². The van der Waals surface area contributed by atoms with E-state index in [-0.39, 0.29) is 19.8 Å². The molecule has 13 heteroatoms. The van der Waals surface area contributed by atoms with E-state index < -0.39 is 71.6 Å². The fourth-order valence-corrected chi connectivity index (χ4v) is 7.98. The average Bonchev–Trinajstić information content (AvgIpc) is 3.15. The number of benzene rings is 3. The Morgan fingerprint density at radius 3 is 2.15 bits per heavy atom. The lowest BCUT2D eigenvalue weighted by Crippen LogP contribution is -2.89. The van der Waals surface area contributed by atoms with Crippen LogP contribution >= 0.6 is 11.6 Å². The van der Waals surface area contributed by atoms with Crippen LogP contribution in [0, 0.1) is 20.8 Å². The highest BCUT2D eigenvalue weighted by molar-refractivity contribution is 6.30. The maximum Gasteiger partial charge on any atom is 0.332 e. The second-order valence-electron chi connectivity index (χ2n) is 15.2. The molecule has 3 aromatic rings. The molecule has 54 heavy (non-hydrogen) atoms. The zero-order chi connectivity index (χ0) is 40.2. The summed E-state index contributed by atoms with van der Waals surface area (Å²) in [5.41, 5.74) is 8.05. The molecule has 3 aliphatic rings. The standard InChI is InChI=1S/C41H51ClN4O8/c1-24-14-19-30(26(3)25(24)2)39(4,5)54-37-41(43,32-20-40(46(32)8)35(48)44(6)38(50)45(7)36(40)49)34(47)33(52-22-27-12-10-9-11-13-27)31(53-37)23-51-21-28-15-17-29(42)18-16-28/h9-19,31-34,37,47H,20-23,43H2,1-8H3/t31-,32?,33-,34-,37?,41-/m1/s1/i20D/t20?,31-,32?,33-,34-,37?,41-. The second-order valence-corrected chi connectivity index (χ2v) is 15.6. The summed E-state index contributed by atoms with van der Waals surface area (Å²) in [5, 5.41) is 13.2. The summed E-state index contributed by atoms with van der Waals surface area (Å²) in [6.07, 6.45) is -6.62. The van der Waals surface area contributed by atoms with Gasteiger partial charge in [0.25, 0.3) is 11.8 Å². The highest BCUT2D eigenvalue weighted by atomic mass is 35.5. The number of likely N-dealkylation sites (tertiary alicyclic amines) is 1. The minimum absolute atomic E-state index is 0.0401. The number of nitrogens with two attached hydrogens (primary N) is 1. The first-order valence-corrected chi connectivity index (χ1v) is 18.4. The fourth-order valence-electron chi connectivity index (χ4n) is 7.86. The molecule has 4 amide bonds. The molecule has 0 aromatic heterocycles. The second kappa shape index (κ2) is 15.1. The zero-order valence-corrected chi connectivity index (χ0v) is 32.8. The molecule has 3 heterocycles. The zero-order valence-electron chi connectivity index (χ0n) is 33.0. The Kier molecular flexibility index (Phi) is 10.8. The molecule has 12 nitrogen and oxygen atoms in total. The number of aryl methyl sites for hydroxylation is 1. The molecular formula is C41H51ClN4O8. The number of likely N-dealkylation sites (N-methyl/N-ethyl adjacent to an activating group) is 3. The van der Waals surface area contributed by atoms with E-state index in [4.69, 9.17) is 36.3 Å². The molecule has 3 aromatic carbocycles. The SMILES string of the molecule is [2H]C1C([C@]2(N)C(OC(C)(C)c3ccc(C)c(C)c3C)O[C@H](COCc3ccc(Cl)cc3)[C@@H](OCc3ccccc3)[C@H]2O)N(C)C12C(=O)N(C)C(=O)N(C)C2=O. The topological polar surface area (TPSA) is 144 Å². The highest BCUT2D eigenvalue weighted by Crippen LogP contribution is 2.50. The van der Waals surface area contributed by atoms with Crippen LogP contribution in [0.15, 0.2) is 66.7 Å². The van der Waals surface area contributed by atoms with Gasteiger partial charge < -0.3 is 29.8 Å². The van der Waals surface area contributed by atoms with E-state index in [9.17, 15) is 20.9 Å². The van der Waals surface area contributed by atoms with Crippen molar-refractivity contribution < 1.29 is 39.8 Å². The van der Waals surface area contributed by atoms with Crippen molar-refractivity contribution in [3.63, 3.8) is 0 Å². The van der Waals surface area contributed by atoms with Crippen LogP contribution in [0.2, 0.25) is 5.02 Å². The van der Waals surface area contributed by atoms with Gasteiger partial charge in [-0.2, -0.15) is 0 Å². The van der Waals surface area contributed by atoms with Crippen LogP contribution in [0.1, 0.15) is 55.0 Å². The van der Waals surface area contributed by atoms with E-state index in [2.05, 4.69) is 0 Å². The molecule has 1 spiro atoms. The third-order valence-corrected chi connectivity index (χ3v) is 11.7. The summed E-state index contributed by atoms with van der Waals surface area (Å²) in [6, 6.07) is 18.6. The number of hydrogen-bond acceptors (Lipinski definition) is 10. The average molecular weight is 764 g/mol. The van der Waals surface area contributed by atoms with E-state index in [1.807, 2.05) is 89.2 Å². The monoisotopic (exact) mass is 763 g/mol. The molecule has 3 fully saturated rings. The van der Waals surface area contributed by atoms with E-state index in [0.717, 1.165) is 43.2 Å². The summed E-state index contributed by atoms with van der Waals surface area (Å²) in [4.78, 5) is 43.4. The van der Waals surface area contributed by atoms with E-state index in [1.165, 1.54) is 26.0 Å².